The Morgan fingerprint density at radius 1 is 1.16 bits per heavy atom. The van der Waals surface area contributed by atoms with E-state index in [-0.39, 0.29) is 37.4 Å². The number of rotatable bonds is 7. The fourth-order valence-electron chi connectivity index (χ4n) is 3.85. The first kappa shape index (κ1) is 21.7. The van der Waals surface area contributed by atoms with Crippen molar-refractivity contribution in [2.75, 3.05) is 27.1 Å². The molecule has 0 saturated carbocycles. The summed E-state index contributed by atoms with van der Waals surface area (Å²) in [5.41, 5.74) is 1.01. The Labute approximate surface area is 185 Å². The molecule has 168 valence electrons. The van der Waals surface area contributed by atoms with E-state index >= 15 is 0 Å². The van der Waals surface area contributed by atoms with Crippen molar-refractivity contribution >= 4 is 17.4 Å². The number of fused-ring (bicyclic) bond motifs is 1. The fourth-order valence-corrected chi connectivity index (χ4v) is 3.85. The molecule has 0 aliphatic carbocycles. The summed E-state index contributed by atoms with van der Waals surface area (Å²) >= 11 is 0. The molecule has 0 radical (unpaired) electrons. The predicted octanol–water partition coefficient (Wildman–Crippen LogP) is 3.27. The highest BCUT2D eigenvalue weighted by Crippen LogP contribution is 2.41. The number of ketones is 1. The second-order valence-corrected chi connectivity index (χ2v) is 7.76. The molecule has 1 atom stereocenters. The van der Waals surface area contributed by atoms with Gasteiger partial charge in [-0.1, -0.05) is 12.1 Å². The summed E-state index contributed by atoms with van der Waals surface area (Å²) in [5, 5.41) is 11.2. The lowest BCUT2D eigenvalue weighted by Gasteiger charge is -2.26. The van der Waals surface area contributed by atoms with Crippen LogP contribution in [0.15, 0.2) is 48.0 Å². The zero-order valence-electron chi connectivity index (χ0n) is 18.2. The number of methoxy groups -OCH3 is 1. The maximum atomic E-state index is 13.1. The number of benzene rings is 2. The van der Waals surface area contributed by atoms with Crippen LogP contribution in [0.1, 0.15) is 31.0 Å². The monoisotopic (exact) mass is 439 g/mol. The number of nitrogens with zero attached hydrogens (tertiary/aromatic N) is 1. The van der Waals surface area contributed by atoms with E-state index in [9.17, 15) is 14.7 Å². The van der Waals surface area contributed by atoms with Crippen LogP contribution in [0.5, 0.6) is 17.2 Å². The molecule has 2 aromatic carbocycles. The summed E-state index contributed by atoms with van der Waals surface area (Å²) in [4.78, 5) is 27.4. The zero-order valence-corrected chi connectivity index (χ0v) is 18.2. The first-order valence-electron chi connectivity index (χ1n) is 10.3. The van der Waals surface area contributed by atoms with Gasteiger partial charge in [-0.3, -0.25) is 9.59 Å². The highest BCUT2D eigenvalue weighted by atomic mass is 16.7. The SMILES string of the molecule is COc1cccc(C2/C(=C(/O)c3ccc4c(c3)OCO4)C(=O)C(=O)N2CCOC(C)C)c1. The Kier molecular flexibility index (Phi) is 6.05. The van der Waals surface area contributed by atoms with Crippen molar-refractivity contribution in [1.82, 2.24) is 4.90 Å². The average Bonchev–Trinajstić information content (AvgIpc) is 3.36. The van der Waals surface area contributed by atoms with Crippen LogP contribution in [0.3, 0.4) is 0 Å². The smallest absolute Gasteiger partial charge is 0.295 e. The number of likely N-dealkylation sites (tertiary alicyclic amines) is 1. The van der Waals surface area contributed by atoms with Crippen LogP contribution in [-0.4, -0.2) is 54.9 Å². The van der Waals surface area contributed by atoms with Crippen LogP contribution in [0.25, 0.3) is 5.76 Å². The van der Waals surface area contributed by atoms with Crippen LogP contribution in [0, 0.1) is 0 Å². The predicted molar refractivity (Wildman–Crippen MR) is 116 cm³/mol. The average molecular weight is 439 g/mol. The molecule has 4 rings (SSSR count). The van der Waals surface area contributed by atoms with Gasteiger partial charge in [0.05, 0.1) is 31.4 Å². The molecule has 1 fully saturated rings. The van der Waals surface area contributed by atoms with Crippen molar-refractivity contribution in [3.63, 3.8) is 0 Å². The zero-order chi connectivity index (χ0) is 22.8. The minimum atomic E-state index is -0.786. The molecule has 2 aliphatic rings. The van der Waals surface area contributed by atoms with E-state index in [1.807, 2.05) is 13.8 Å². The summed E-state index contributed by atoms with van der Waals surface area (Å²) in [6, 6.07) is 11.2. The van der Waals surface area contributed by atoms with E-state index in [0.717, 1.165) is 0 Å². The molecule has 1 amide bonds. The van der Waals surface area contributed by atoms with Crippen molar-refractivity contribution in [2.24, 2.45) is 0 Å². The maximum Gasteiger partial charge on any atom is 0.295 e. The third-order valence-corrected chi connectivity index (χ3v) is 5.38. The van der Waals surface area contributed by atoms with Gasteiger partial charge in [0.1, 0.15) is 11.5 Å². The van der Waals surface area contributed by atoms with Crippen LogP contribution >= 0.6 is 0 Å². The van der Waals surface area contributed by atoms with E-state index in [1.165, 1.54) is 4.90 Å². The first-order chi connectivity index (χ1) is 15.4. The molecule has 1 saturated heterocycles. The number of amides is 1. The van der Waals surface area contributed by atoms with Crippen molar-refractivity contribution in [3.05, 3.63) is 59.2 Å². The third kappa shape index (κ3) is 4.01. The normalized spacial score (nSPS) is 19.1. The highest BCUT2D eigenvalue weighted by molar-refractivity contribution is 6.46. The van der Waals surface area contributed by atoms with Crippen LogP contribution in [-0.2, 0) is 14.3 Å². The van der Waals surface area contributed by atoms with Gasteiger partial charge in [-0.2, -0.15) is 0 Å². The van der Waals surface area contributed by atoms with Crippen molar-refractivity contribution in [2.45, 2.75) is 26.0 Å². The number of Topliss-reactive ketones (excluding diaryl/α,β-unsaturated/α-hetero) is 1. The lowest BCUT2D eigenvalue weighted by atomic mass is 9.95. The Bertz CT molecular complexity index is 1080. The summed E-state index contributed by atoms with van der Waals surface area (Å²) in [6.45, 7) is 4.34. The summed E-state index contributed by atoms with van der Waals surface area (Å²) in [6.07, 6.45) is -0.0178. The molecule has 1 unspecified atom stereocenters. The van der Waals surface area contributed by atoms with Crippen molar-refractivity contribution < 1.29 is 33.6 Å². The maximum absolute atomic E-state index is 13.1. The molecule has 1 N–H and O–H groups in total. The lowest BCUT2D eigenvalue weighted by molar-refractivity contribution is -0.140. The molecule has 2 heterocycles. The molecule has 0 bridgehead atoms. The van der Waals surface area contributed by atoms with Gasteiger partial charge in [-0.05, 0) is 49.7 Å². The summed E-state index contributed by atoms with van der Waals surface area (Å²) in [7, 11) is 1.54. The Morgan fingerprint density at radius 3 is 2.69 bits per heavy atom. The Morgan fingerprint density at radius 2 is 1.94 bits per heavy atom. The molecule has 2 aromatic rings. The van der Waals surface area contributed by atoms with Gasteiger partial charge in [0.15, 0.2) is 11.5 Å². The molecule has 32 heavy (non-hydrogen) atoms. The number of carbonyl (C=O) groups excluding carboxylic acids is 2. The Hall–Kier alpha value is -3.52. The van der Waals surface area contributed by atoms with E-state index < -0.39 is 17.7 Å². The molecular formula is C24H25NO7. The minimum absolute atomic E-state index is 0.00617. The van der Waals surface area contributed by atoms with E-state index in [1.54, 1.807) is 49.6 Å². The van der Waals surface area contributed by atoms with Gasteiger partial charge in [0.25, 0.3) is 11.7 Å². The largest absolute Gasteiger partial charge is 0.507 e. The number of aliphatic hydroxyl groups is 1. The van der Waals surface area contributed by atoms with Gasteiger partial charge in [-0.25, -0.2) is 0 Å². The quantitative estimate of drug-likeness (QED) is 0.402. The number of carbonyl (C=O) groups is 2. The van der Waals surface area contributed by atoms with Crippen LogP contribution in [0.4, 0.5) is 0 Å². The van der Waals surface area contributed by atoms with E-state index in [4.69, 9.17) is 18.9 Å². The number of hydrogen-bond acceptors (Lipinski definition) is 7. The number of hydrogen-bond donors (Lipinski definition) is 1. The van der Waals surface area contributed by atoms with Crippen molar-refractivity contribution in [3.8, 4) is 17.2 Å². The van der Waals surface area contributed by atoms with Crippen LogP contribution < -0.4 is 14.2 Å². The summed E-state index contributed by atoms with van der Waals surface area (Å²) < 4.78 is 21.6. The molecule has 0 spiro atoms. The topological polar surface area (TPSA) is 94.5 Å². The molecule has 0 aromatic heterocycles. The minimum Gasteiger partial charge on any atom is -0.507 e. The van der Waals surface area contributed by atoms with Gasteiger partial charge in [0.2, 0.25) is 6.79 Å². The highest BCUT2D eigenvalue weighted by Gasteiger charge is 2.46. The first-order valence-corrected chi connectivity index (χ1v) is 10.3. The second kappa shape index (κ2) is 8.92. The fraction of sp³-hybridized carbons (Fsp3) is 0.333. The standard InChI is InChI=1S/C24H25NO7/c1-14(2)30-10-9-25-21(15-5-4-6-17(11-15)29-3)20(23(27)24(25)28)22(26)16-7-8-18-19(12-16)32-13-31-18/h4-8,11-12,14,21,26H,9-10,13H2,1-3H3/b22-20-. The van der Waals surface area contributed by atoms with E-state index in [2.05, 4.69) is 0 Å². The number of ether oxygens (including phenoxy) is 4. The van der Waals surface area contributed by atoms with Gasteiger partial charge in [0, 0.05) is 12.1 Å². The summed E-state index contributed by atoms with van der Waals surface area (Å²) in [5.74, 6) is -0.120. The van der Waals surface area contributed by atoms with E-state index in [0.29, 0.717) is 28.4 Å². The second-order valence-electron chi connectivity index (χ2n) is 7.76. The van der Waals surface area contributed by atoms with Gasteiger partial charge in [-0.15, -0.1) is 0 Å². The molecule has 8 nitrogen and oxygen atoms in total. The number of aliphatic hydroxyl groups excluding tert-OH is 1. The molecule has 2 aliphatic heterocycles. The molecular weight excluding hydrogens is 414 g/mol. The Balaban J connectivity index is 1.80. The third-order valence-electron chi connectivity index (χ3n) is 5.38. The lowest BCUT2D eigenvalue weighted by Crippen LogP contribution is -2.33. The van der Waals surface area contributed by atoms with Gasteiger partial charge >= 0.3 is 0 Å². The molecule has 8 heteroatoms. The van der Waals surface area contributed by atoms with Crippen molar-refractivity contribution in [1.29, 1.82) is 0 Å². The van der Waals surface area contributed by atoms with Gasteiger partial charge < -0.3 is 29.0 Å². The van der Waals surface area contributed by atoms with Crippen LogP contribution in [0.2, 0.25) is 0 Å².